The summed E-state index contributed by atoms with van der Waals surface area (Å²) in [6.07, 6.45) is 8.84. The molecule has 7 rings (SSSR count). The third-order valence-electron chi connectivity index (χ3n) is 6.14. The summed E-state index contributed by atoms with van der Waals surface area (Å²) in [5.41, 5.74) is 4.28. The zero-order valence-corrected chi connectivity index (χ0v) is 19.6. The average molecular weight is 479 g/mol. The van der Waals surface area contributed by atoms with Gasteiger partial charge in [-0.05, 0) is 24.3 Å². The molecule has 2 N–H and O–H groups in total. The van der Waals surface area contributed by atoms with Crippen molar-refractivity contribution in [3.63, 3.8) is 0 Å². The van der Waals surface area contributed by atoms with E-state index in [4.69, 9.17) is 4.98 Å². The smallest absolute Gasteiger partial charge is 0.234 e. The van der Waals surface area contributed by atoms with Crippen LogP contribution in [0, 0.1) is 5.92 Å². The fourth-order valence-electron chi connectivity index (χ4n) is 4.39. The van der Waals surface area contributed by atoms with Gasteiger partial charge in [-0.3, -0.25) is 24.4 Å². The minimum absolute atomic E-state index is 0.00856. The quantitative estimate of drug-likeness (QED) is 0.321. The van der Waals surface area contributed by atoms with E-state index < -0.39 is 0 Å². The highest BCUT2D eigenvalue weighted by molar-refractivity contribution is 7.24. The molecule has 0 atom stereocenters. The lowest BCUT2D eigenvalue weighted by Crippen LogP contribution is -2.17. The van der Waals surface area contributed by atoms with Crippen molar-refractivity contribution < 1.29 is 4.79 Å². The van der Waals surface area contributed by atoms with E-state index in [0.29, 0.717) is 22.3 Å². The number of hydrogen-bond donors (Lipinski definition) is 2. The Labute approximate surface area is 201 Å². The number of pyridine rings is 3. The molecule has 0 radical (unpaired) electrons. The van der Waals surface area contributed by atoms with Crippen LogP contribution >= 0.6 is 11.3 Å². The summed E-state index contributed by atoms with van der Waals surface area (Å²) in [6.45, 7) is 3.80. The monoisotopic (exact) mass is 478 g/mol. The Morgan fingerprint density at radius 3 is 2.69 bits per heavy atom. The van der Waals surface area contributed by atoms with Crippen molar-refractivity contribution in [1.29, 1.82) is 0 Å². The molecule has 9 nitrogen and oxygen atoms in total. The van der Waals surface area contributed by atoms with E-state index in [2.05, 4.69) is 30.1 Å². The van der Waals surface area contributed by atoms with E-state index in [1.165, 1.54) is 11.3 Å². The first kappa shape index (κ1) is 20.0. The molecular weight excluding hydrogens is 460 g/mol. The maximum absolute atomic E-state index is 13.4. The molecule has 0 aliphatic carbocycles. The van der Waals surface area contributed by atoms with E-state index in [-0.39, 0.29) is 11.8 Å². The predicted molar refractivity (Wildman–Crippen MR) is 138 cm³/mol. The Kier molecular flexibility index (Phi) is 4.15. The van der Waals surface area contributed by atoms with Gasteiger partial charge in [-0.1, -0.05) is 13.8 Å². The number of hydrogen-bond acceptors (Lipinski definition) is 7. The normalized spacial score (nSPS) is 12.1. The summed E-state index contributed by atoms with van der Waals surface area (Å²) >= 11 is 1.52. The molecule has 7 heterocycles. The first-order chi connectivity index (χ1) is 17.1. The van der Waals surface area contributed by atoms with Crippen LogP contribution in [-0.2, 0) is 0 Å². The topological polar surface area (TPSA) is 118 Å². The predicted octanol–water partition coefficient (Wildman–Crippen LogP) is 5.52. The fourth-order valence-corrected chi connectivity index (χ4v) is 5.43. The molecular formula is C25H18N8OS. The van der Waals surface area contributed by atoms with Gasteiger partial charge >= 0.3 is 0 Å². The highest BCUT2D eigenvalue weighted by Crippen LogP contribution is 2.30. The SMILES string of the molecule is CC(C)C(=O)n1c2cncc(c2)c2cnc3[nH]nc(c4nc5c(cncc5c5ccc1s5)[nH]4)c3c2. The van der Waals surface area contributed by atoms with Gasteiger partial charge in [0.25, 0.3) is 0 Å². The summed E-state index contributed by atoms with van der Waals surface area (Å²) in [6, 6.07) is 7.96. The molecule has 35 heavy (non-hydrogen) atoms. The Bertz CT molecular complexity index is 2030. The summed E-state index contributed by atoms with van der Waals surface area (Å²) in [5, 5.41) is 11.0. The van der Waals surface area contributed by atoms with Crippen LogP contribution in [0.4, 0.5) is 0 Å². The number of fused-ring (bicyclic) bond motifs is 9. The molecule has 0 spiro atoms. The number of thiophene rings is 1. The van der Waals surface area contributed by atoms with Gasteiger partial charge in [0.05, 0.1) is 28.8 Å². The number of carbonyl (C=O) groups excluding carboxylic acids is 1. The van der Waals surface area contributed by atoms with E-state index in [0.717, 1.165) is 42.1 Å². The third kappa shape index (κ3) is 3.00. The van der Waals surface area contributed by atoms with Gasteiger partial charge in [0, 0.05) is 45.4 Å². The molecule has 0 saturated carbocycles. The molecule has 10 heteroatoms. The van der Waals surface area contributed by atoms with Crippen LogP contribution in [-0.4, -0.2) is 45.6 Å². The summed E-state index contributed by atoms with van der Waals surface area (Å²) in [5.74, 6) is -0.206. The molecule has 0 amide bonds. The second-order valence-corrected chi connectivity index (χ2v) is 9.82. The number of nitrogens with zero attached hydrogens (tertiary/aromatic N) is 6. The molecule has 0 aliphatic rings. The van der Waals surface area contributed by atoms with Crippen LogP contribution in [0.5, 0.6) is 0 Å². The van der Waals surface area contributed by atoms with Gasteiger partial charge in [0.1, 0.15) is 15.9 Å². The van der Waals surface area contributed by atoms with Gasteiger partial charge < -0.3 is 4.98 Å². The minimum atomic E-state index is -0.197. The minimum Gasteiger partial charge on any atom is -0.335 e. The maximum Gasteiger partial charge on any atom is 0.234 e. The van der Waals surface area contributed by atoms with Crippen molar-refractivity contribution in [2.75, 3.05) is 0 Å². The van der Waals surface area contributed by atoms with Crippen LogP contribution in [0.3, 0.4) is 0 Å². The molecule has 0 aliphatic heterocycles. The van der Waals surface area contributed by atoms with Crippen LogP contribution in [0.15, 0.2) is 55.2 Å². The second kappa shape index (κ2) is 7.28. The molecule has 170 valence electrons. The van der Waals surface area contributed by atoms with E-state index in [9.17, 15) is 4.79 Å². The van der Waals surface area contributed by atoms with Crippen LogP contribution < -0.4 is 0 Å². The Balaban J connectivity index is 1.78. The zero-order valence-electron chi connectivity index (χ0n) is 18.8. The van der Waals surface area contributed by atoms with Gasteiger partial charge in [0.15, 0.2) is 11.3 Å². The second-order valence-electron chi connectivity index (χ2n) is 8.76. The lowest BCUT2D eigenvalue weighted by molar-refractivity contribution is 0.0865. The highest BCUT2D eigenvalue weighted by Gasteiger charge is 2.15. The first-order valence-corrected chi connectivity index (χ1v) is 12.0. The molecule has 8 bridgehead atoms. The number of rotatable bonds is 1. The summed E-state index contributed by atoms with van der Waals surface area (Å²) < 4.78 is 2.71. The molecule has 7 aromatic heterocycles. The molecule has 0 fully saturated rings. The van der Waals surface area contributed by atoms with Gasteiger partial charge in [0.2, 0.25) is 5.91 Å². The lowest BCUT2D eigenvalue weighted by atomic mass is 10.2. The summed E-state index contributed by atoms with van der Waals surface area (Å²) in [4.78, 5) is 36.0. The summed E-state index contributed by atoms with van der Waals surface area (Å²) in [7, 11) is 0. The van der Waals surface area contributed by atoms with Gasteiger partial charge in [-0.2, -0.15) is 5.10 Å². The Morgan fingerprint density at radius 2 is 1.80 bits per heavy atom. The van der Waals surface area contributed by atoms with Crippen molar-refractivity contribution >= 4 is 81.7 Å². The molecule has 0 aromatic carbocycles. The number of aromatic nitrogens is 8. The number of nitrogens with one attached hydrogen (secondary N) is 2. The van der Waals surface area contributed by atoms with E-state index in [1.807, 2.05) is 38.1 Å². The molecule has 0 saturated heterocycles. The van der Waals surface area contributed by atoms with Crippen LogP contribution in [0.1, 0.15) is 18.6 Å². The maximum atomic E-state index is 13.4. The molecule has 0 unspecified atom stereocenters. The Morgan fingerprint density at radius 1 is 0.943 bits per heavy atom. The Hall–Kier alpha value is -4.44. The zero-order chi connectivity index (χ0) is 23.7. The average Bonchev–Trinajstić information content (AvgIpc) is 3.61. The van der Waals surface area contributed by atoms with Crippen LogP contribution in [0.2, 0.25) is 0 Å². The standard InChI is InChI=1S/C25H18N8OS/c1-12(2)25(34)33-15-5-13(7-26-9-15)14-6-16-22(31-32-23(16)28-8-14)24-29-18-11-27-10-17(21(18)30-24)19-3-4-20(33)35-19/h3-12H,1-2H3,(H,29,30)(H,28,31,32). The first-order valence-electron chi connectivity index (χ1n) is 11.1. The van der Waals surface area contributed by atoms with Gasteiger partial charge in [-0.15, -0.1) is 11.3 Å². The third-order valence-corrected chi connectivity index (χ3v) is 7.25. The molecule has 7 aromatic rings. The van der Waals surface area contributed by atoms with Crippen molar-refractivity contribution in [3.8, 4) is 0 Å². The van der Waals surface area contributed by atoms with Crippen molar-refractivity contribution in [3.05, 3.63) is 55.2 Å². The van der Waals surface area contributed by atoms with Crippen molar-refractivity contribution in [2.24, 2.45) is 5.92 Å². The number of imidazole rings is 1. The van der Waals surface area contributed by atoms with Crippen molar-refractivity contribution in [2.45, 2.75) is 13.8 Å². The largest absolute Gasteiger partial charge is 0.335 e. The van der Waals surface area contributed by atoms with E-state index >= 15 is 0 Å². The number of carbonyl (C=O) groups is 1. The number of H-pyrrole nitrogens is 2. The van der Waals surface area contributed by atoms with Crippen LogP contribution in [0.25, 0.3) is 64.4 Å². The highest BCUT2D eigenvalue weighted by atomic mass is 32.1. The van der Waals surface area contributed by atoms with E-state index in [1.54, 1.807) is 35.6 Å². The van der Waals surface area contributed by atoms with Gasteiger partial charge in [-0.25, -0.2) is 9.97 Å². The lowest BCUT2D eigenvalue weighted by Gasteiger charge is -2.10. The number of aromatic amines is 2. The fraction of sp³-hybridized carbons (Fsp3) is 0.120. The van der Waals surface area contributed by atoms with Crippen molar-refractivity contribution in [1.82, 2.24) is 39.7 Å².